The molecular formula is C26H20ClN3O5. The molecule has 0 unspecified atom stereocenters. The molecule has 0 radical (unpaired) electrons. The van der Waals surface area contributed by atoms with Crippen molar-refractivity contribution >= 4 is 35.0 Å². The molecule has 0 fully saturated rings. The second kappa shape index (κ2) is 10.3. The molecule has 3 aromatic carbocycles. The Morgan fingerprint density at radius 1 is 1.23 bits per heavy atom. The van der Waals surface area contributed by atoms with Crippen molar-refractivity contribution in [2.24, 2.45) is 0 Å². The first-order chi connectivity index (χ1) is 16.9. The Bertz CT molecular complexity index is 1380. The highest BCUT2D eigenvalue weighted by atomic mass is 35.5. The summed E-state index contributed by atoms with van der Waals surface area (Å²) in [6, 6.07) is 19.0. The van der Waals surface area contributed by atoms with Crippen molar-refractivity contribution in [1.29, 1.82) is 5.26 Å². The first kappa shape index (κ1) is 23.8. The highest BCUT2D eigenvalue weighted by Gasteiger charge is 2.27. The van der Waals surface area contributed by atoms with E-state index in [1.165, 1.54) is 19.3 Å². The SMILES string of the molecule is COc1cc(/C=C(\C#N)C(=O)N2CCc3ccccc32)cc(Cl)c1OCc1ccccc1[N+](=O)[O-]. The van der Waals surface area contributed by atoms with E-state index in [1.54, 1.807) is 35.2 Å². The molecule has 4 rings (SSSR count). The third kappa shape index (κ3) is 4.95. The zero-order chi connectivity index (χ0) is 24.9. The summed E-state index contributed by atoms with van der Waals surface area (Å²) >= 11 is 6.44. The fourth-order valence-corrected chi connectivity index (χ4v) is 4.20. The molecule has 0 bridgehead atoms. The second-order valence-corrected chi connectivity index (χ2v) is 8.12. The van der Waals surface area contributed by atoms with E-state index < -0.39 is 10.8 Å². The lowest BCUT2D eigenvalue weighted by Crippen LogP contribution is -2.29. The third-order valence-electron chi connectivity index (χ3n) is 5.61. The van der Waals surface area contributed by atoms with Gasteiger partial charge in [-0.3, -0.25) is 14.9 Å². The summed E-state index contributed by atoms with van der Waals surface area (Å²) in [5, 5.41) is 21.1. The van der Waals surface area contributed by atoms with Gasteiger partial charge in [0.25, 0.3) is 11.6 Å². The normalized spacial score (nSPS) is 12.6. The Kier molecular flexibility index (Phi) is 6.99. The molecule has 1 aliphatic rings. The molecule has 1 heterocycles. The number of hydrogen-bond acceptors (Lipinski definition) is 6. The second-order valence-electron chi connectivity index (χ2n) is 7.71. The first-order valence-corrected chi connectivity index (χ1v) is 11.0. The van der Waals surface area contributed by atoms with Crippen molar-refractivity contribution in [2.45, 2.75) is 13.0 Å². The number of hydrogen-bond donors (Lipinski definition) is 0. The smallest absolute Gasteiger partial charge is 0.276 e. The fourth-order valence-electron chi connectivity index (χ4n) is 3.93. The van der Waals surface area contributed by atoms with E-state index in [2.05, 4.69) is 0 Å². The van der Waals surface area contributed by atoms with Crippen LogP contribution in [0.15, 0.2) is 66.2 Å². The number of rotatable bonds is 7. The lowest BCUT2D eigenvalue weighted by molar-refractivity contribution is -0.385. The van der Waals surface area contributed by atoms with Gasteiger partial charge < -0.3 is 14.4 Å². The fraction of sp³-hybridized carbons (Fsp3) is 0.154. The van der Waals surface area contributed by atoms with Crippen molar-refractivity contribution in [2.75, 3.05) is 18.6 Å². The molecule has 0 aliphatic carbocycles. The van der Waals surface area contributed by atoms with Gasteiger partial charge in [-0.15, -0.1) is 0 Å². The van der Waals surface area contributed by atoms with Crippen LogP contribution in [0.2, 0.25) is 5.02 Å². The number of benzene rings is 3. The molecule has 3 aromatic rings. The van der Waals surface area contributed by atoms with Gasteiger partial charge in [0.05, 0.1) is 22.6 Å². The molecule has 0 N–H and O–H groups in total. The van der Waals surface area contributed by atoms with Gasteiger partial charge in [-0.1, -0.05) is 41.9 Å². The van der Waals surface area contributed by atoms with Crippen LogP contribution in [-0.2, 0) is 17.8 Å². The minimum absolute atomic E-state index is 0.0478. The Balaban J connectivity index is 1.59. The zero-order valence-corrected chi connectivity index (χ0v) is 19.5. The molecule has 0 atom stereocenters. The Morgan fingerprint density at radius 2 is 1.97 bits per heavy atom. The summed E-state index contributed by atoms with van der Waals surface area (Å²) in [6.07, 6.45) is 2.18. The quantitative estimate of drug-likeness (QED) is 0.192. The minimum Gasteiger partial charge on any atom is -0.493 e. The van der Waals surface area contributed by atoms with Crippen molar-refractivity contribution in [3.05, 3.63) is 98.1 Å². The van der Waals surface area contributed by atoms with Crippen LogP contribution in [-0.4, -0.2) is 24.5 Å². The number of amides is 1. The molecule has 0 saturated heterocycles. The molecule has 0 spiro atoms. The number of nitriles is 1. The van der Waals surface area contributed by atoms with Gasteiger partial charge in [0, 0.05) is 18.3 Å². The summed E-state index contributed by atoms with van der Waals surface area (Å²) in [7, 11) is 1.43. The average molecular weight is 490 g/mol. The Labute approximate surface area is 206 Å². The lowest BCUT2D eigenvalue weighted by Gasteiger charge is -2.17. The van der Waals surface area contributed by atoms with Crippen LogP contribution >= 0.6 is 11.6 Å². The number of para-hydroxylation sites is 2. The topological polar surface area (TPSA) is 106 Å². The van der Waals surface area contributed by atoms with Crippen LogP contribution in [0.25, 0.3) is 6.08 Å². The Morgan fingerprint density at radius 3 is 2.71 bits per heavy atom. The lowest BCUT2D eigenvalue weighted by atomic mass is 10.1. The molecule has 8 nitrogen and oxygen atoms in total. The standard InChI is InChI=1S/C26H20ClN3O5/c1-34-24-14-17(12-20(15-28)26(31)29-11-10-18-6-2-4-8-22(18)29)13-21(27)25(24)35-16-19-7-3-5-9-23(19)30(32)33/h2-9,12-14H,10-11,16H2,1H3/b20-12+. The summed E-state index contributed by atoms with van der Waals surface area (Å²) in [4.78, 5) is 25.4. The number of anilines is 1. The largest absolute Gasteiger partial charge is 0.493 e. The summed E-state index contributed by atoms with van der Waals surface area (Å²) < 4.78 is 11.2. The predicted octanol–water partition coefficient (Wildman–Crippen LogP) is 5.33. The summed E-state index contributed by atoms with van der Waals surface area (Å²) in [5.74, 6) is 0.0608. The summed E-state index contributed by atoms with van der Waals surface area (Å²) in [5.41, 5.74) is 2.59. The van der Waals surface area contributed by atoms with Crippen LogP contribution < -0.4 is 14.4 Å². The molecule has 9 heteroatoms. The number of carbonyl (C=O) groups is 1. The van der Waals surface area contributed by atoms with Gasteiger partial charge in [0.1, 0.15) is 18.2 Å². The van der Waals surface area contributed by atoms with Gasteiger partial charge in [-0.25, -0.2) is 0 Å². The van der Waals surface area contributed by atoms with Gasteiger partial charge >= 0.3 is 0 Å². The number of methoxy groups -OCH3 is 1. The van der Waals surface area contributed by atoms with Crippen molar-refractivity contribution in [3.8, 4) is 17.6 Å². The van der Waals surface area contributed by atoms with Gasteiger partial charge in [-0.2, -0.15) is 5.26 Å². The maximum atomic E-state index is 13.1. The summed E-state index contributed by atoms with van der Waals surface area (Å²) in [6.45, 7) is 0.401. The molecule has 35 heavy (non-hydrogen) atoms. The van der Waals surface area contributed by atoms with E-state index in [9.17, 15) is 20.2 Å². The highest BCUT2D eigenvalue weighted by Crippen LogP contribution is 2.38. The highest BCUT2D eigenvalue weighted by molar-refractivity contribution is 6.32. The van der Waals surface area contributed by atoms with Crippen molar-refractivity contribution in [1.82, 2.24) is 0 Å². The first-order valence-electron chi connectivity index (χ1n) is 10.7. The Hall–Kier alpha value is -4.35. The molecule has 176 valence electrons. The van der Waals surface area contributed by atoms with Crippen LogP contribution in [0.3, 0.4) is 0 Å². The average Bonchev–Trinajstić information content (AvgIpc) is 3.30. The number of fused-ring (bicyclic) bond motifs is 1. The molecule has 0 saturated carbocycles. The van der Waals surface area contributed by atoms with E-state index in [4.69, 9.17) is 21.1 Å². The number of nitro groups is 1. The number of carbonyl (C=O) groups excluding carboxylic acids is 1. The molecular weight excluding hydrogens is 470 g/mol. The van der Waals surface area contributed by atoms with Crippen molar-refractivity contribution in [3.63, 3.8) is 0 Å². The van der Waals surface area contributed by atoms with E-state index in [0.29, 0.717) is 17.7 Å². The number of nitro benzene ring substituents is 1. The van der Waals surface area contributed by atoms with E-state index >= 15 is 0 Å². The number of halogens is 1. The maximum Gasteiger partial charge on any atom is 0.276 e. The zero-order valence-electron chi connectivity index (χ0n) is 18.7. The molecule has 1 amide bonds. The number of nitrogens with zero attached hydrogens (tertiary/aromatic N) is 3. The van der Waals surface area contributed by atoms with Crippen LogP contribution in [0.4, 0.5) is 11.4 Å². The number of ether oxygens (including phenoxy) is 2. The van der Waals surface area contributed by atoms with E-state index in [1.807, 2.05) is 30.3 Å². The van der Waals surface area contributed by atoms with E-state index in [0.717, 1.165) is 17.7 Å². The molecule has 0 aromatic heterocycles. The van der Waals surface area contributed by atoms with Crippen LogP contribution in [0.1, 0.15) is 16.7 Å². The van der Waals surface area contributed by atoms with Crippen LogP contribution in [0, 0.1) is 21.4 Å². The minimum atomic E-state index is -0.482. The monoisotopic (exact) mass is 489 g/mol. The third-order valence-corrected chi connectivity index (χ3v) is 5.89. The predicted molar refractivity (Wildman–Crippen MR) is 132 cm³/mol. The van der Waals surface area contributed by atoms with Gasteiger partial charge in [0.2, 0.25) is 0 Å². The van der Waals surface area contributed by atoms with Crippen LogP contribution in [0.5, 0.6) is 11.5 Å². The van der Waals surface area contributed by atoms with Gasteiger partial charge in [0.15, 0.2) is 11.5 Å². The maximum absolute atomic E-state index is 13.1. The van der Waals surface area contributed by atoms with Gasteiger partial charge in [-0.05, 0) is 47.9 Å². The van der Waals surface area contributed by atoms with Crippen molar-refractivity contribution < 1.29 is 19.2 Å². The van der Waals surface area contributed by atoms with E-state index in [-0.39, 0.29) is 34.4 Å². The molecule has 1 aliphatic heterocycles.